The van der Waals surface area contributed by atoms with Gasteiger partial charge in [-0.25, -0.2) is 24.1 Å². The fourth-order valence-corrected chi connectivity index (χ4v) is 5.37. The Kier molecular flexibility index (Phi) is 7.10. The van der Waals surface area contributed by atoms with Crippen LogP contribution in [0.4, 0.5) is 5.82 Å². The number of aliphatic hydroxyl groups excluding tert-OH is 1. The van der Waals surface area contributed by atoms with E-state index in [0.29, 0.717) is 0 Å². The number of phosphoric acid groups is 2. The smallest absolute Gasteiger partial charge is 0.386 e. The molecule has 1 aliphatic rings. The highest BCUT2D eigenvalue weighted by atomic mass is 79.9. The monoisotopic (exact) mass is 585 g/mol. The Balaban J connectivity index is 1.93. The molecule has 2 aromatic heterocycles. The Bertz CT molecular complexity index is 1220. The van der Waals surface area contributed by atoms with Gasteiger partial charge in [0.1, 0.15) is 24.6 Å². The van der Waals surface area contributed by atoms with Gasteiger partial charge in [0.25, 0.3) is 0 Å². The quantitative estimate of drug-likeness (QED) is 0.121. The molecule has 180 valence electrons. The maximum atomic E-state index is 11.6. The minimum atomic E-state index is -5.41. The number of aliphatic hydroxyl groups is 1. The van der Waals surface area contributed by atoms with Crippen LogP contribution in [0.5, 0.6) is 0 Å². The molecule has 0 aliphatic carbocycles. The molecule has 0 aromatic carbocycles. The molecule has 7 N–H and O–H groups in total. The maximum Gasteiger partial charge on any atom is 0.488 e. The number of fused-ring (bicyclic) bond motifs is 1. The van der Waals surface area contributed by atoms with Crippen LogP contribution in [-0.2, 0) is 37.3 Å². The molecular formula is C10H14BrN5O13P2S. The number of rotatable bonds is 8. The fourth-order valence-electron chi connectivity index (χ4n) is 2.79. The van der Waals surface area contributed by atoms with E-state index in [1.807, 2.05) is 0 Å². The number of ether oxygens (including phenoxy) is 1. The van der Waals surface area contributed by atoms with Gasteiger partial charge in [0.2, 0.25) is 0 Å². The first kappa shape index (κ1) is 25.5. The molecule has 1 aliphatic heterocycles. The standard InChI is InChI=1S/C10H14BrN5O13P2S/c11-10-15-4-7(12)13-2-14-8(4)16(10)9-5(17)6(28-30(18,19)20)3(27-9)1-26-31(21,22)29-32(23,24)25/h2-3,5-6,9,17H,1H2,(H,21,22)(H2,12,13,14)(H2,18,19,20)(H,23,24,25)/t3-,5-,6-,9-/m1/s1. The first-order valence-electron chi connectivity index (χ1n) is 7.95. The molecule has 0 bridgehead atoms. The predicted octanol–water partition coefficient (Wildman–Crippen LogP) is -1.16. The van der Waals surface area contributed by atoms with Crippen molar-refractivity contribution in [2.75, 3.05) is 12.3 Å². The Hall–Kier alpha value is -1.12. The highest BCUT2D eigenvalue weighted by molar-refractivity contribution is 9.10. The number of imidazole rings is 1. The van der Waals surface area contributed by atoms with Crippen LogP contribution in [0.1, 0.15) is 6.23 Å². The van der Waals surface area contributed by atoms with Crippen LogP contribution < -0.4 is 5.73 Å². The minimum Gasteiger partial charge on any atom is -0.386 e. The van der Waals surface area contributed by atoms with Crippen molar-refractivity contribution < 1.29 is 59.6 Å². The number of phosphoric ester groups is 2. The third kappa shape index (κ3) is 5.86. The molecule has 5 atom stereocenters. The third-order valence-electron chi connectivity index (χ3n) is 3.88. The average molecular weight is 586 g/mol. The summed E-state index contributed by atoms with van der Waals surface area (Å²) in [7, 11) is -16.0. The Morgan fingerprint density at radius 1 is 1.28 bits per heavy atom. The zero-order valence-electron chi connectivity index (χ0n) is 15.1. The van der Waals surface area contributed by atoms with Crippen molar-refractivity contribution >= 4 is 59.0 Å². The topological polar surface area (TPSA) is 276 Å². The summed E-state index contributed by atoms with van der Waals surface area (Å²) in [5.74, 6) is -0.0339. The van der Waals surface area contributed by atoms with E-state index in [2.05, 4.69) is 43.9 Å². The number of hydrogen-bond acceptors (Lipinski definition) is 13. The summed E-state index contributed by atoms with van der Waals surface area (Å²) >= 11 is 3.10. The number of nitrogen functional groups attached to an aromatic ring is 1. The van der Waals surface area contributed by atoms with E-state index < -0.39 is 57.2 Å². The molecule has 3 heterocycles. The zero-order valence-corrected chi connectivity index (χ0v) is 19.3. The van der Waals surface area contributed by atoms with Crippen molar-refractivity contribution in [2.45, 2.75) is 24.5 Å². The van der Waals surface area contributed by atoms with Crippen LogP contribution in [0.2, 0.25) is 0 Å². The molecule has 1 unspecified atom stereocenters. The van der Waals surface area contributed by atoms with Gasteiger partial charge in [-0.1, -0.05) is 0 Å². The Morgan fingerprint density at radius 3 is 2.53 bits per heavy atom. The first-order chi connectivity index (χ1) is 14.6. The lowest BCUT2D eigenvalue weighted by atomic mass is 10.1. The van der Waals surface area contributed by atoms with Gasteiger partial charge in [-0.3, -0.25) is 18.2 Å². The van der Waals surface area contributed by atoms with Gasteiger partial charge < -0.3 is 30.3 Å². The summed E-state index contributed by atoms with van der Waals surface area (Å²) < 4.78 is 71.8. The highest BCUT2D eigenvalue weighted by Gasteiger charge is 2.50. The molecule has 3 rings (SSSR count). The van der Waals surface area contributed by atoms with Crippen LogP contribution >= 0.6 is 31.6 Å². The second-order valence-electron chi connectivity index (χ2n) is 6.06. The number of anilines is 1. The third-order valence-corrected chi connectivity index (χ3v) is 6.94. The van der Waals surface area contributed by atoms with Gasteiger partial charge in [0, 0.05) is 0 Å². The first-order valence-corrected chi connectivity index (χ1v) is 13.1. The van der Waals surface area contributed by atoms with E-state index in [4.69, 9.17) is 24.8 Å². The summed E-state index contributed by atoms with van der Waals surface area (Å²) in [6.45, 7) is -1.08. The van der Waals surface area contributed by atoms with E-state index in [1.165, 1.54) is 0 Å². The summed E-state index contributed by atoms with van der Waals surface area (Å²) in [5, 5.41) is 10.6. The molecule has 0 saturated carbocycles. The maximum absolute atomic E-state index is 11.6. The molecule has 1 fully saturated rings. The van der Waals surface area contributed by atoms with Crippen LogP contribution in [0.3, 0.4) is 0 Å². The summed E-state index contributed by atoms with van der Waals surface area (Å²) in [6.07, 6.45) is -5.81. The molecule has 1 saturated heterocycles. The Labute approximate surface area is 186 Å². The van der Waals surface area contributed by atoms with Gasteiger partial charge in [-0.15, -0.1) is 3.97 Å². The van der Waals surface area contributed by atoms with Crippen molar-refractivity contribution in [1.29, 1.82) is 0 Å². The SMILES string of the molecule is Nc1ncnc2c1nc(Br)n2[C@@H]1O[C@H](COP(=O)(O)OS(=O)(=O)O)[C@@H](OP(=O)(O)O)[C@H]1O. The van der Waals surface area contributed by atoms with Crippen LogP contribution in [0.15, 0.2) is 11.1 Å². The van der Waals surface area contributed by atoms with Crippen molar-refractivity contribution in [3.05, 3.63) is 11.1 Å². The number of nitrogens with two attached hydrogens (primary N) is 1. The molecule has 0 amide bonds. The predicted molar refractivity (Wildman–Crippen MR) is 103 cm³/mol. The van der Waals surface area contributed by atoms with E-state index >= 15 is 0 Å². The number of hydrogen-bond donors (Lipinski definition) is 6. The number of nitrogens with zero attached hydrogens (tertiary/aromatic N) is 4. The number of aromatic nitrogens is 4. The van der Waals surface area contributed by atoms with E-state index in [0.717, 1.165) is 10.9 Å². The zero-order chi connectivity index (χ0) is 24.1. The summed E-state index contributed by atoms with van der Waals surface area (Å²) in [5.41, 5.74) is 5.84. The highest BCUT2D eigenvalue weighted by Crippen LogP contribution is 2.48. The lowest BCUT2D eigenvalue weighted by molar-refractivity contribution is -0.0509. The second-order valence-corrected chi connectivity index (χ2v) is 10.6. The van der Waals surface area contributed by atoms with E-state index in [1.54, 1.807) is 0 Å². The lowest BCUT2D eigenvalue weighted by Gasteiger charge is -2.21. The van der Waals surface area contributed by atoms with Gasteiger partial charge in [0.15, 0.2) is 27.9 Å². The Morgan fingerprint density at radius 2 is 1.94 bits per heavy atom. The molecule has 0 spiro atoms. The molecule has 22 heteroatoms. The van der Waals surface area contributed by atoms with Crippen molar-refractivity contribution in [3.63, 3.8) is 0 Å². The van der Waals surface area contributed by atoms with Gasteiger partial charge >= 0.3 is 26.0 Å². The molecule has 18 nitrogen and oxygen atoms in total. The summed E-state index contributed by atoms with van der Waals surface area (Å²) in [4.78, 5) is 39.4. The second kappa shape index (κ2) is 8.91. The average Bonchev–Trinajstić information content (AvgIpc) is 3.08. The molecular weight excluding hydrogens is 572 g/mol. The van der Waals surface area contributed by atoms with Gasteiger partial charge in [-0.05, 0) is 15.9 Å². The van der Waals surface area contributed by atoms with Crippen molar-refractivity contribution in [1.82, 2.24) is 19.5 Å². The van der Waals surface area contributed by atoms with E-state index in [-0.39, 0.29) is 21.7 Å². The summed E-state index contributed by atoms with van der Waals surface area (Å²) in [6, 6.07) is 0. The normalized spacial score (nSPS) is 26.4. The molecule has 2 aromatic rings. The lowest BCUT2D eigenvalue weighted by Crippen LogP contribution is -2.36. The molecule has 0 radical (unpaired) electrons. The largest absolute Gasteiger partial charge is 0.488 e. The minimum absolute atomic E-state index is 0.00258. The number of halogens is 1. The van der Waals surface area contributed by atoms with Crippen molar-refractivity contribution in [3.8, 4) is 0 Å². The van der Waals surface area contributed by atoms with E-state index in [9.17, 15) is 27.5 Å². The fraction of sp³-hybridized carbons (Fsp3) is 0.500. The van der Waals surface area contributed by atoms with Crippen LogP contribution in [0.25, 0.3) is 11.2 Å². The van der Waals surface area contributed by atoms with Gasteiger partial charge in [-0.2, -0.15) is 8.42 Å². The van der Waals surface area contributed by atoms with Crippen LogP contribution in [0, 0.1) is 0 Å². The van der Waals surface area contributed by atoms with Crippen molar-refractivity contribution in [2.24, 2.45) is 0 Å². The molecule has 32 heavy (non-hydrogen) atoms. The van der Waals surface area contributed by atoms with Gasteiger partial charge in [0.05, 0.1) is 6.61 Å². The van der Waals surface area contributed by atoms with Crippen LogP contribution in [-0.4, -0.2) is 77.2 Å².